The molecule has 7 heteroatoms. The largest absolute Gasteiger partial charge is 0.457 e. The molecule has 0 aliphatic heterocycles. The van der Waals surface area contributed by atoms with Gasteiger partial charge < -0.3 is 10.1 Å². The zero-order valence-electron chi connectivity index (χ0n) is 16.8. The first-order chi connectivity index (χ1) is 14.9. The van der Waals surface area contributed by atoms with Gasteiger partial charge in [-0.1, -0.05) is 18.2 Å². The lowest BCUT2D eigenvalue weighted by atomic mass is 10.1. The first-order valence-corrected chi connectivity index (χ1v) is 11.5. The van der Waals surface area contributed by atoms with Crippen LogP contribution in [0.2, 0.25) is 0 Å². The van der Waals surface area contributed by atoms with E-state index in [-0.39, 0.29) is 10.8 Å². The molecular weight excluding hydrogens is 412 g/mol. The molecule has 1 aromatic heterocycles. The molecule has 0 atom stereocenters. The number of benzene rings is 3. The number of nitrogens with zero attached hydrogens (tertiary/aromatic N) is 1. The van der Waals surface area contributed by atoms with Crippen molar-refractivity contribution in [2.75, 3.05) is 6.26 Å². The number of ether oxygens (including phenoxy) is 1. The Bertz CT molecular complexity index is 1350. The van der Waals surface area contributed by atoms with Gasteiger partial charge in [-0.15, -0.1) is 0 Å². The van der Waals surface area contributed by atoms with Crippen LogP contribution in [0.25, 0.3) is 10.9 Å². The highest BCUT2D eigenvalue weighted by molar-refractivity contribution is 7.90. The summed E-state index contributed by atoms with van der Waals surface area (Å²) in [6, 6.07) is 22.7. The molecule has 3 aromatic carbocycles. The molecule has 1 amide bonds. The fourth-order valence-corrected chi connectivity index (χ4v) is 3.74. The summed E-state index contributed by atoms with van der Waals surface area (Å²) < 4.78 is 28.9. The van der Waals surface area contributed by atoms with E-state index in [2.05, 4.69) is 10.3 Å². The number of fused-ring (bicyclic) bond motifs is 1. The Labute approximate surface area is 180 Å². The monoisotopic (exact) mass is 432 g/mol. The van der Waals surface area contributed by atoms with E-state index in [0.717, 1.165) is 22.7 Å². The molecule has 1 N–H and O–H groups in total. The maximum Gasteiger partial charge on any atom is 0.251 e. The van der Waals surface area contributed by atoms with Crippen LogP contribution in [0, 0.1) is 0 Å². The molecular formula is C24H20N2O4S. The minimum absolute atomic E-state index is 0.173. The molecule has 0 bridgehead atoms. The van der Waals surface area contributed by atoms with Gasteiger partial charge in [0, 0.05) is 29.9 Å². The third-order valence-electron chi connectivity index (χ3n) is 4.70. The van der Waals surface area contributed by atoms with Crippen LogP contribution in [0.5, 0.6) is 11.5 Å². The van der Waals surface area contributed by atoms with Crippen molar-refractivity contribution in [1.29, 1.82) is 0 Å². The number of rotatable bonds is 6. The summed E-state index contributed by atoms with van der Waals surface area (Å²) in [6.07, 6.45) is 2.88. The third-order valence-corrected chi connectivity index (χ3v) is 5.83. The van der Waals surface area contributed by atoms with Crippen LogP contribution in [0.3, 0.4) is 0 Å². The van der Waals surface area contributed by atoms with Gasteiger partial charge in [0.25, 0.3) is 5.91 Å². The van der Waals surface area contributed by atoms with Crippen LogP contribution in [0.1, 0.15) is 15.9 Å². The standard InChI is InChI=1S/C24H20N2O4S/c1-31(28,29)22-10-8-20(9-11-22)30-21-6-2-4-17(14-21)16-26-24(27)19-7-12-23-18(15-19)5-3-13-25-23/h2-15H,16H2,1H3,(H,26,27). The van der Waals surface area contributed by atoms with Gasteiger partial charge in [-0.05, 0) is 66.2 Å². The fraction of sp³-hybridized carbons (Fsp3) is 0.0833. The van der Waals surface area contributed by atoms with Crippen LogP contribution in [0.15, 0.2) is 90.0 Å². The van der Waals surface area contributed by atoms with Gasteiger partial charge in [0.1, 0.15) is 11.5 Å². The van der Waals surface area contributed by atoms with Crippen LogP contribution >= 0.6 is 0 Å². The number of hydrogen-bond acceptors (Lipinski definition) is 5. The Balaban J connectivity index is 1.41. The predicted molar refractivity (Wildman–Crippen MR) is 119 cm³/mol. The molecule has 0 fully saturated rings. The number of carbonyl (C=O) groups excluding carboxylic acids is 1. The van der Waals surface area contributed by atoms with Crippen molar-refractivity contribution in [2.24, 2.45) is 0 Å². The first-order valence-electron chi connectivity index (χ1n) is 9.58. The van der Waals surface area contributed by atoms with E-state index in [4.69, 9.17) is 4.74 Å². The van der Waals surface area contributed by atoms with Crippen molar-refractivity contribution >= 4 is 26.6 Å². The quantitative estimate of drug-likeness (QED) is 0.489. The Kier molecular flexibility index (Phi) is 5.68. The summed E-state index contributed by atoms with van der Waals surface area (Å²) in [4.78, 5) is 17.0. The average molecular weight is 433 g/mol. The highest BCUT2D eigenvalue weighted by Gasteiger charge is 2.09. The van der Waals surface area contributed by atoms with Gasteiger partial charge in [-0.3, -0.25) is 9.78 Å². The van der Waals surface area contributed by atoms with Gasteiger partial charge in [-0.25, -0.2) is 8.42 Å². The average Bonchev–Trinajstić information content (AvgIpc) is 2.77. The number of carbonyl (C=O) groups is 1. The Morgan fingerprint density at radius 2 is 1.74 bits per heavy atom. The minimum atomic E-state index is -3.25. The van der Waals surface area contributed by atoms with Crippen molar-refractivity contribution in [3.63, 3.8) is 0 Å². The summed E-state index contributed by atoms with van der Waals surface area (Å²) in [7, 11) is -3.25. The molecule has 0 saturated carbocycles. The van der Waals surface area contributed by atoms with E-state index in [1.165, 1.54) is 12.1 Å². The second kappa shape index (κ2) is 8.57. The maximum absolute atomic E-state index is 12.5. The first kappa shape index (κ1) is 20.6. The summed E-state index contributed by atoms with van der Waals surface area (Å²) in [5, 5.41) is 3.82. The lowest BCUT2D eigenvalue weighted by Gasteiger charge is -2.10. The number of aromatic nitrogens is 1. The molecule has 0 saturated heterocycles. The zero-order chi connectivity index (χ0) is 21.8. The van der Waals surface area contributed by atoms with Gasteiger partial charge in [0.15, 0.2) is 9.84 Å². The molecule has 0 aliphatic rings. The van der Waals surface area contributed by atoms with E-state index in [1.54, 1.807) is 30.5 Å². The second-order valence-corrected chi connectivity index (χ2v) is 9.10. The van der Waals surface area contributed by atoms with E-state index >= 15 is 0 Å². The lowest BCUT2D eigenvalue weighted by Crippen LogP contribution is -2.22. The molecule has 31 heavy (non-hydrogen) atoms. The van der Waals surface area contributed by atoms with Gasteiger partial charge in [0.05, 0.1) is 10.4 Å². The zero-order valence-corrected chi connectivity index (χ0v) is 17.6. The normalized spacial score (nSPS) is 11.3. The van der Waals surface area contributed by atoms with Crippen molar-refractivity contribution in [2.45, 2.75) is 11.4 Å². The molecule has 0 aliphatic carbocycles. The second-order valence-electron chi connectivity index (χ2n) is 7.09. The smallest absolute Gasteiger partial charge is 0.251 e. The van der Waals surface area contributed by atoms with Crippen LogP contribution in [-0.2, 0) is 16.4 Å². The summed E-state index contributed by atoms with van der Waals surface area (Å²) >= 11 is 0. The number of sulfone groups is 1. The molecule has 1 heterocycles. The Hall–Kier alpha value is -3.71. The number of pyridine rings is 1. The lowest BCUT2D eigenvalue weighted by molar-refractivity contribution is 0.0951. The summed E-state index contributed by atoms with van der Waals surface area (Å²) in [5.74, 6) is 0.947. The predicted octanol–water partition coefficient (Wildman–Crippen LogP) is 4.36. The van der Waals surface area contributed by atoms with E-state index in [0.29, 0.717) is 23.6 Å². The molecule has 0 radical (unpaired) electrons. The Morgan fingerprint density at radius 3 is 2.52 bits per heavy atom. The van der Waals surface area contributed by atoms with Gasteiger partial charge in [-0.2, -0.15) is 0 Å². The number of hydrogen-bond donors (Lipinski definition) is 1. The fourth-order valence-electron chi connectivity index (χ4n) is 3.11. The summed E-state index contributed by atoms with van der Waals surface area (Å²) in [5.41, 5.74) is 2.29. The van der Waals surface area contributed by atoms with Crippen molar-refractivity contribution < 1.29 is 17.9 Å². The molecule has 4 rings (SSSR count). The van der Waals surface area contributed by atoms with Crippen molar-refractivity contribution in [3.8, 4) is 11.5 Å². The van der Waals surface area contributed by atoms with Gasteiger partial charge >= 0.3 is 0 Å². The number of nitrogens with one attached hydrogen (secondary N) is 1. The topological polar surface area (TPSA) is 85.4 Å². The van der Waals surface area contributed by atoms with Gasteiger partial charge in [0.2, 0.25) is 0 Å². The van der Waals surface area contributed by atoms with E-state index < -0.39 is 9.84 Å². The molecule has 0 spiro atoms. The molecule has 156 valence electrons. The molecule has 4 aromatic rings. The SMILES string of the molecule is CS(=O)(=O)c1ccc(Oc2cccc(CNC(=O)c3ccc4ncccc4c3)c2)cc1. The minimum Gasteiger partial charge on any atom is -0.457 e. The van der Waals surface area contributed by atoms with E-state index in [9.17, 15) is 13.2 Å². The number of amides is 1. The Morgan fingerprint density at radius 1 is 0.935 bits per heavy atom. The van der Waals surface area contributed by atoms with E-state index in [1.807, 2.05) is 42.5 Å². The van der Waals surface area contributed by atoms with Crippen LogP contribution in [0.4, 0.5) is 0 Å². The summed E-state index contributed by atoms with van der Waals surface area (Å²) in [6.45, 7) is 0.341. The molecule has 6 nitrogen and oxygen atoms in total. The maximum atomic E-state index is 12.5. The highest BCUT2D eigenvalue weighted by atomic mass is 32.2. The van der Waals surface area contributed by atoms with Crippen molar-refractivity contribution in [3.05, 3.63) is 96.2 Å². The third kappa shape index (κ3) is 5.07. The van der Waals surface area contributed by atoms with Crippen LogP contribution < -0.4 is 10.1 Å². The molecule has 0 unspecified atom stereocenters. The van der Waals surface area contributed by atoms with Crippen LogP contribution in [-0.4, -0.2) is 25.6 Å². The highest BCUT2D eigenvalue weighted by Crippen LogP contribution is 2.24. The van der Waals surface area contributed by atoms with Crippen molar-refractivity contribution in [1.82, 2.24) is 10.3 Å².